The molecule has 1 N–H and O–H groups in total. The van der Waals surface area contributed by atoms with Gasteiger partial charge in [-0.05, 0) is 23.8 Å². The van der Waals surface area contributed by atoms with Gasteiger partial charge in [0.1, 0.15) is 5.58 Å². The first-order valence-electron chi connectivity index (χ1n) is 10.4. The van der Waals surface area contributed by atoms with E-state index in [0.29, 0.717) is 16.8 Å². The highest BCUT2D eigenvalue weighted by atomic mass is 16.3. The van der Waals surface area contributed by atoms with Crippen LogP contribution in [0.15, 0.2) is 95.4 Å². The highest BCUT2D eigenvalue weighted by Gasteiger charge is 2.50. The molecule has 0 aliphatic carbocycles. The van der Waals surface area contributed by atoms with Crippen LogP contribution in [-0.2, 0) is 10.4 Å². The smallest absolute Gasteiger partial charge is 0.264 e. The third-order valence-electron chi connectivity index (χ3n) is 5.75. The van der Waals surface area contributed by atoms with E-state index < -0.39 is 17.3 Å². The minimum Gasteiger partial charge on any atom is -0.453 e. The third-order valence-corrected chi connectivity index (χ3v) is 5.75. The van der Waals surface area contributed by atoms with Crippen molar-refractivity contribution in [2.24, 2.45) is 0 Å². The van der Waals surface area contributed by atoms with E-state index in [9.17, 15) is 14.7 Å². The predicted molar refractivity (Wildman–Crippen MR) is 123 cm³/mol. The van der Waals surface area contributed by atoms with Gasteiger partial charge in [-0.3, -0.25) is 9.59 Å². The SMILES string of the molecule is O=C(CC1(O)C(=O)N(C/C=C/c2ccccc2)c2ccccc21)c1cc2ccccc2o1. The van der Waals surface area contributed by atoms with Crippen molar-refractivity contribution in [3.8, 4) is 0 Å². The first kappa shape index (κ1) is 20.0. The van der Waals surface area contributed by atoms with Gasteiger partial charge < -0.3 is 14.4 Å². The molecule has 1 aliphatic rings. The van der Waals surface area contributed by atoms with Crippen LogP contribution >= 0.6 is 0 Å². The van der Waals surface area contributed by atoms with Gasteiger partial charge in [0.05, 0.1) is 12.1 Å². The zero-order valence-electron chi connectivity index (χ0n) is 17.3. The third kappa shape index (κ3) is 3.43. The van der Waals surface area contributed by atoms with Crippen LogP contribution < -0.4 is 4.90 Å². The fourth-order valence-corrected chi connectivity index (χ4v) is 4.16. The van der Waals surface area contributed by atoms with E-state index in [2.05, 4.69) is 0 Å². The minimum absolute atomic E-state index is 0.132. The van der Waals surface area contributed by atoms with Crippen LogP contribution in [-0.4, -0.2) is 23.3 Å². The van der Waals surface area contributed by atoms with Crippen molar-refractivity contribution in [2.45, 2.75) is 12.0 Å². The lowest BCUT2D eigenvalue weighted by Crippen LogP contribution is -2.41. The number of carbonyl (C=O) groups excluding carboxylic acids is 2. The van der Waals surface area contributed by atoms with Gasteiger partial charge in [0.25, 0.3) is 5.91 Å². The Kier molecular flexibility index (Phi) is 4.96. The molecule has 0 saturated heterocycles. The Balaban J connectivity index is 1.42. The second-order valence-electron chi connectivity index (χ2n) is 7.85. The number of rotatable bonds is 6. The first-order valence-corrected chi connectivity index (χ1v) is 10.4. The molecular weight excluding hydrogens is 402 g/mol. The lowest BCUT2D eigenvalue weighted by molar-refractivity contribution is -0.135. The van der Waals surface area contributed by atoms with Crippen LogP contribution in [0.5, 0.6) is 0 Å². The molecule has 1 unspecified atom stereocenters. The Labute approximate surface area is 185 Å². The predicted octanol–water partition coefficient (Wildman–Crippen LogP) is 4.95. The number of ketones is 1. The fraction of sp³-hybridized carbons (Fsp3) is 0.111. The second-order valence-corrected chi connectivity index (χ2v) is 7.85. The number of carbonyl (C=O) groups is 2. The summed E-state index contributed by atoms with van der Waals surface area (Å²) in [7, 11) is 0. The van der Waals surface area contributed by atoms with Crippen LogP contribution in [0, 0.1) is 0 Å². The molecule has 2 heterocycles. The summed E-state index contributed by atoms with van der Waals surface area (Å²) >= 11 is 0. The van der Waals surface area contributed by atoms with E-state index in [0.717, 1.165) is 10.9 Å². The summed E-state index contributed by atoms with van der Waals surface area (Å²) in [5.74, 6) is -0.804. The average molecular weight is 423 g/mol. The fourth-order valence-electron chi connectivity index (χ4n) is 4.16. The van der Waals surface area contributed by atoms with Crippen molar-refractivity contribution in [3.63, 3.8) is 0 Å². The zero-order chi connectivity index (χ0) is 22.1. The number of fused-ring (bicyclic) bond motifs is 2. The number of hydrogen-bond donors (Lipinski definition) is 1. The summed E-state index contributed by atoms with van der Waals surface area (Å²) in [6.07, 6.45) is 3.41. The van der Waals surface area contributed by atoms with Gasteiger partial charge in [-0.2, -0.15) is 0 Å². The number of para-hydroxylation sites is 2. The van der Waals surface area contributed by atoms with E-state index in [1.165, 1.54) is 4.90 Å². The quantitative estimate of drug-likeness (QED) is 0.445. The average Bonchev–Trinajstić information content (AvgIpc) is 3.34. The Hall–Kier alpha value is -3.96. The Morgan fingerprint density at radius 1 is 0.969 bits per heavy atom. The lowest BCUT2D eigenvalue weighted by Gasteiger charge is -2.21. The molecule has 0 radical (unpaired) electrons. The molecule has 0 bridgehead atoms. The molecule has 5 nitrogen and oxygen atoms in total. The topological polar surface area (TPSA) is 70.8 Å². The molecule has 1 aliphatic heterocycles. The monoisotopic (exact) mass is 423 g/mol. The van der Waals surface area contributed by atoms with Crippen molar-refractivity contribution in [2.75, 3.05) is 11.4 Å². The van der Waals surface area contributed by atoms with Crippen molar-refractivity contribution in [3.05, 3.63) is 108 Å². The van der Waals surface area contributed by atoms with Crippen molar-refractivity contribution in [1.29, 1.82) is 0 Å². The van der Waals surface area contributed by atoms with E-state index in [1.807, 2.05) is 66.7 Å². The number of aliphatic hydroxyl groups is 1. The maximum Gasteiger partial charge on any atom is 0.264 e. The van der Waals surface area contributed by atoms with E-state index >= 15 is 0 Å². The molecular formula is C27H21NO4. The molecule has 5 heteroatoms. The molecule has 0 fully saturated rings. The van der Waals surface area contributed by atoms with Crippen LogP contribution in [0.25, 0.3) is 17.0 Å². The summed E-state index contributed by atoms with van der Waals surface area (Å²) in [5, 5.41) is 12.2. The number of hydrogen-bond acceptors (Lipinski definition) is 4. The number of benzene rings is 3. The molecule has 1 amide bonds. The molecule has 32 heavy (non-hydrogen) atoms. The Morgan fingerprint density at radius 2 is 1.69 bits per heavy atom. The van der Waals surface area contributed by atoms with E-state index in [4.69, 9.17) is 4.42 Å². The summed E-state index contributed by atoms with van der Waals surface area (Å²) in [6, 6.07) is 25.8. The molecule has 4 aromatic rings. The molecule has 0 spiro atoms. The molecule has 158 valence electrons. The molecule has 0 saturated carbocycles. The number of Topliss-reactive ketones (excluding diaryl/α,β-unsaturated/α-hetero) is 1. The van der Waals surface area contributed by atoms with Gasteiger partial charge in [-0.25, -0.2) is 0 Å². The largest absolute Gasteiger partial charge is 0.453 e. The second kappa shape index (κ2) is 7.94. The Morgan fingerprint density at radius 3 is 2.50 bits per heavy atom. The molecule has 1 atom stereocenters. The Bertz CT molecular complexity index is 1310. The van der Waals surface area contributed by atoms with Crippen LogP contribution in [0.1, 0.15) is 28.1 Å². The van der Waals surface area contributed by atoms with E-state index in [-0.39, 0.29) is 18.7 Å². The first-order chi connectivity index (χ1) is 15.6. The van der Waals surface area contributed by atoms with Gasteiger partial charge in [0.2, 0.25) is 5.78 Å². The summed E-state index contributed by atoms with van der Waals surface area (Å²) < 4.78 is 5.65. The maximum absolute atomic E-state index is 13.3. The van der Waals surface area contributed by atoms with Gasteiger partial charge in [0.15, 0.2) is 11.4 Å². The maximum atomic E-state index is 13.3. The minimum atomic E-state index is -1.94. The normalized spacial score (nSPS) is 17.9. The number of anilines is 1. The summed E-state index contributed by atoms with van der Waals surface area (Å²) in [6.45, 7) is 0.284. The summed E-state index contributed by atoms with van der Waals surface area (Å²) in [4.78, 5) is 27.8. The van der Waals surface area contributed by atoms with Crippen LogP contribution in [0.4, 0.5) is 5.69 Å². The van der Waals surface area contributed by atoms with Gasteiger partial charge >= 0.3 is 0 Å². The van der Waals surface area contributed by atoms with Gasteiger partial charge in [-0.1, -0.05) is 78.9 Å². The highest BCUT2D eigenvalue weighted by molar-refractivity contribution is 6.11. The van der Waals surface area contributed by atoms with Gasteiger partial charge in [-0.15, -0.1) is 0 Å². The number of furan rings is 1. The van der Waals surface area contributed by atoms with Crippen LogP contribution in [0.3, 0.4) is 0 Å². The number of nitrogens with zero attached hydrogens (tertiary/aromatic N) is 1. The molecule has 5 rings (SSSR count). The van der Waals surface area contributed by atoms with Crippen molar-refractivity contribution < 1.29 is 19.1 Å². The van der Waals surface area contributed by atoms with E-state index in [1.54, 1.807) is 30.3 Å². The zero-order valence-corrected chi connectivity index (χ0v) is 17.3. The van der Waals surface area contributed by atoms with Gasteiger partial charge in [0, 0.05) is 17.5 Å². The standard InChI is InChI=1S/C27H21NO4/c29-23(25-17-20-12-4-7-15-24(20)32-25)18-27(31)21-13-5-6-14-22(21)28(26(27)30)16-8-11-19-9-2-1-3-10-19/h1-15,17,31H,16,18H2/b11-8+. The van der Waals surface area contributed by atoms with Crippen LogP contribution in [0.2, 0.25) is 0 Å². The van der Waals surface area contributed by atoms with Crippen molar-refractivity contribution in [1.82, 2.24) is 0 Å². The number of amides is 1. The molecule has 3 aromatic carbocycles. The lowest BCUT2D eigenvalue weighted by atomic mass is 9.89. The molecule has 1 aromatic heterocycles. The highest BCUT2D eigenvalue weighted by Crippen LogP contribution is 2.43. The summed E-state index contributed by atoms with van der Waals surface area (Å²) in [5.41, 5.74) is 0.710. The van der Waals surface area contributed by atoms with Crippen molar-refractivity contribution >= 4 is 34.4 Å².